The van der Waals surface area contributed by atoms with Gasteiger partial charge in [-0.2, -0.15) is 24.3 Å². The first-order valence-electron chi connectivity index (χ1n) is 12.6. The fourth-order valence-electron chi connectivity index (χ4n) is 4.61. The van der Waals surface area contributed by atoms with Crippen LogP contribution in [0.15, 0.2) is 133 Å². The topological polar surface area (TPSA) is 0 Å². The molecule has 37 heavy (non-hydrogen) atoms. The predicted octanol–water partition coefficient (Wildman–Crippen LogP) is 10.7. The van der Waals surface area contributed by atoms with E-state index in [-0.39, 0.29) is 0 Å². The zero-order chi connectivity index (χ0) is 25.5. The van der Waals surface area contributed by atoms with Crippen LogP contribution < -0.4 is 0 Å². The fourth-order valence-corrected chi connectivity index (χ4v) is 10.3. The molecule has 1 saturated carbocycles. The molecule has 0 N–H and O–H groups in total. The maximum absolute atomic E-state index is 5.72. The van der Waals surface area contributed by atoms with Gasteiger partial charge in [0.25, 0.3) is 0 Å². The molecule has 0 saturated heterocycles. The molecule has 6 aromatic rings. The van der Waals surface area contributed by atoms with Crippen molar-refractivity contribution in [2.24, 2.45) is 0 Å². The monoisotopic (exact) mass is 686 g/mol. The van der Waals surface area contributed by atoms with Crippen molar-refractivity contribution in [2.75, 3.05) is 0 Å². The fraction of sp³-hybridized carbons (Fsp3) is 0.0882. The molecule has 0 unspecified atom stereocenters. The van der Waals surface area contributed by atoms with E-state index in [1.807, 2.05) is 0 Å². The van der Waals surface area contributed by atoms with Crippen molar-refractivity contribution in [2.45, 2.75) is 19.3 Å². The summed E-state index contributed by atoms with van der Waals surface area (Å²) in [5, 5.41) is 5.31. The Bertz CT molecular complexity index is 1490. The summed E-state index contributed by atoms with van der Waals surface area (Å²) in [6.07, 6.45) is 3.83. The Hall–Kier alpha value is -2.58. The van der Waals surface area contributed by atoms with E-state index in [1.54, 1.807) is 0 Å². The maximum Gasteiger partial charge on any atom is -0.0279 e. The van der Waals surface area contributed by atoms with Crippen LogP contribution >= 0.6 is 17.2 Å². The predicted molar refractivity (Wildman–Crippen MR) is 161 cm³/mol. The summed E-state index contributed by atoms with van der Waals surface area (Å²) in [5.41, 5.74) is 5.21. The van der Waals surface area contributed by atoms with Crippen molar-refractivity contribution in [1.29, 1.82) is 0 Å². The molecular weight excluding hydrogens is 658 g/mol. The second kappa shape index (κ2) is 12.8. The summed E-state index contributed by atoms with van der Waals surface area (Å²) in [7, 11) is 11.4. The normalized spacial score (nSPS) is 12.2. The van der Waals surface area contributed by atoms with Gasteiger partial charge in [0.15, 0.2) is 0 Å². The maximum atomic E-state index is 5.72. The van der Waals surface area contributed by atoms with Crippen LogP contribution in [0.5, 0.6) is 0 Å². The molecule has 0 aromatic heterocycles. The molecule has 1 aliphatic rings. The first-order valence-corrected chi connectivity index (χ1v) is 23.3. The first kappa shape index (κ1) is 26.0. The molecule has 0 bridgehead atoms. The Morgan fingerprint density at radius 1 is 0.514 bits per heavy atom. The largest absolute Gasteiger partial charge is 0.168 e. The van der Waals surface area contributed by atoms with Gasteiger partial charge in [0, 0.05) is 0 Å². The minimum absolute atomic E-state index is 1.25. The Balaban J connectivity index is 0.000000122. The number of hydrogen-bond donors (Lipinski definition) is 0. The van der Waals surface area contributed by atoms with Gasteiger partial charge >= 0.3 is 58.3 Å². The third kappa shape index (κ3) is 6.47. The molecule has 6 aromatic carbocycles. The number of halogens is 2. The molecule has 0 radical (unpaired) electrons. The van der Waals surface area contributed by atoms with Crippen LogP contribution in [0.2, 0.25) is 0 Å². The standard InChI is InChI=1S/2C15H11.C4H6.2ClH.Hf/c2*1-2-6-12(7-3-1)14-10-4-8-13-9-5-11-15(13)14;1-2-4-3-1;;;/h2*1-11H;1-3H2;2*1H;/q2*-1;;;;+2/p-2. The number of hydrogen-bond acceptors (Lipinski definition) is 0. The van der Waals surface area contributed by atoms with E-state index in [1.165, 1.54) is 66.3 Å². The zero-order valence-corrected chi connectivity index (χ0v) is 25.7. The molecule has 0 heterocycles. The average Bonchev–Trinajstić information content (AvgIpc) is 3.59. The van der Waals surface area contributed by atoms with Crippen LogP contribution in [0.25, 0.3) is 43.8 Å². The molecular formula is C34H28Cl2Hf-2. The third-order valence-corrected chi connectivity index (χ3v) is 14.8. The molecule has 0 amide bonds. The molecule has 0 nitrogen and oxygen atoms in total. The van der Waals surface area contributed by atoms with Gasteiger partial charge in [0.1, 0.15) is 0 Å². The number of rotatable bonds is 2. The van der Waals surface area contributed by atoms with Crippen LogP contribution in [0.3, 0.4) is 0 Å². The third-order valence-electron chi connectivity index (χ3n) is 6.75. The van der Waals surface area contributed by atoms with E-state index < -0.39 is 18.6 Å². The molecule has 1 aliphatic carbocycles. The van der Waals surface area contributed by atoms with Crippen molar-refractivity contribution in [3.05, 3.63) is 133 Å². The average molecular weight is 686 g/mol. The summed E-state index contributed by atoms with van der Waals surface area (Å²) in [4.78, 5) is 0. The smallest absolute Gasteiger partial charge is 0.0279 e. The van der Waals surface area contributed by atoms with Crippen molar-refractivity contribution in [3.8, 4) is 22.3 Å². The molecule has 3 heteroatoms. The zero-order valence-electron chi connectivity index (χ0n) is 20.6. The summed E-state index contributed by atoms with van der Waals surface area (Å²) in [5.74, 6) is 0. The SMILES string of the molecule is [Cl][Hf]([Cl])=[C]1CCC1.c1ccc(-c2cccc3[cH-]ccc23)cc1.c1ccc(-c2cccc3[cH-]ccc23)cc1. The van der Waals surface area contributed by atoms with Crippen LogP contribution in [0, 0.1) is 0 Å². The van der Waals surface area contributed by atoms with Crippen molar-refractivity contribution in [1.82, 2.24) is 0 Å². The molecule has 1 fully saturated rings. The molecule has 0 atom stereocenters. The molecule has 0 spiro atoms. The van der Waals surface area contributed by atoms with Gasteiger partial charge in [-0.3, -0.25) is 0 Å². The molecule has 0 aliphatic heterocycles. The Labute approximate surface area is 234 Å². The van der Waals surface area contributed by atoms with Gasteiger partial charge < -0.3 is 0 Å². The quantitative estimate of drug-likeness (QED) is 0.126. The number of benzene rings is 4. The summed E-state index contributed by atoms with van der Waals surface area (Å²) >= 11 is -1.92. The second-order valence-electron chi connectivity index (χ2n) is 9.12. The van der Waals surface area contributed by atoms with Crippen molar-refractivity contribution >= 4 is 42.0 Å². The van der Waals surface area contributed by atoms with E-state index in [4.69, 9.17) is 17.2 Å². The number of fused-ring (bicyclic) bond motifs is 2. The summed E-state index contributed by atoms with van der Waals surface area (Å²) in [6, 6.07) is 46.8. The Kier molecular flexibility index (Phi) is 9.00. The first-order chi connectivity index (χ1) is 18.2. The van der Waals surface area contributed by atoms with Crippen LogP contribution in [0.1, 0.15) is 19.3 Å². The van der Waals surface area contributed by atoms with E-state index in [9.17, 15) is 0 Å². The minimum atomic E-state index is -1.92. The van der Waals surface area contributed by atoms with Gasteiger partial charge in [-0.05, 0) is 11.1 Å². The molecule has 7 rings (SSSR count). The van der Waals surface area contributed by atoms with Crippen LogP contribution in [-0.2, 0) is 18.6 Å². The van der Waals surface area contributed by atoms with Crippen LogP contribution in [-0.4, -0.2) is 3.26 Å². The summed E-state index contributed by atoms with van der Waals surface area (Å²) < 4.78 is 1.52. The van der Waals surface area contributed by atoms with Crippen molar-refractivity contribution < 1.29 is 18.6 Å². The van der Waals surface area contributed by atoms with Gasteiger partial charge in [-0.1, -0.05) is 83.9 Å². The Morgan fingerprint density at radius 3 is 1.32 bits per heavy atom. The van der Waals surface area contributed by atoms with Gasteiger partial charge in [-0.15, -0.1) is 57.9 Å². The second-order valence-corrected chi connectivity index (χ2v) is 21.3. The summed E-state index contributed by atoms with van der Waals surface area (Å²) in [6.45, 7) is 0. The van der Waals surface area contributed by atoms with E-state index in [0.717, 1.165) is 0 Å². The minimum Gasteiger partial charge on any atom is -0.168 e. The van der Waals surface area contributed by atoms with E-state index >= 15 is 0 Å². The van der Waals surface area contributed by atoms with Crippen molar-refractivity contribution in [3.63, 3.8) is 0 Å². The van der Waals surface area contributed by atoms with Crippen LogP contribution in [0.4, 0.5) is 0 Å². The van der Waals surface area contributed by atoms with E-state index in [0.29, 0.717) is 0 Å². The van der Waals surface area contributed by atoms with E-state index in [2.05, 4.69) is 133 Å². The van der Waals surface area contributed by atoms with Gasteiger partial charge in [0.2, 0.25) is 0 Å². The Morgan fingerprint density at radius 2 is 0.973 bits per heavy atom. The van der Waals surface area contributed by atoms with Gasteiger partial charge in [-0.25, -0.2) is 0 Å². The van der Waals surface area contributed by atoms with Gasteiger partial charge in [0.05, 0.1) is 0 Å². The molecule has 184 valence electrons.